The van der Waals surface area contributed by atoms with E-state index in [-0.39, 0.29) is 32.4 Å². The number of carbonyl (C=O) groups excluding carboxylic acids is 3. The van der Waals surface area contributed by atoms with E-state index in [1.54, 1.807) is 48.5 Å². The third kappa shape index (κ3) is 4.99. The van der Waals surface area contributed by atoms with Gasteiger partial charge in [-0.05, 0) is 66.7 Å². The van der Waals surface area contributed by atoms with Crippen LogP contribution in [0.4, 0.5) is 17.1 Å². The number of nitrogens with one attached hydrogen (secondary N) is 2. The van der Waals surface area contributed by atoms with E-state index in [0.29, 0.717) is 22.0 Å². The van der Waals surface area contributed by atoms with Gasteiger partial charge in [-0.15, -0.1) is 0 Å². The van der Waals surface area contributed by atoms with Crippen molar-refractivity contribution in [1.29, 1.82) is 0 Å². The van der Waals surface area contributed by atoms with Gasteiger partial charge in [-0.25, -0.2) is 4.90 Å². The number of carbonyl (C=O) groups is 3. The molecule has 0 aromatic heterocycles. The molecule has 0 spiro atoms. The van der Waals surface area contributed by atoms with Crippen LogP contribution in [-0.4, -0.2) is 17.7 Å². The molecule has 10 heteroatoms. The average molecular weight is 521 g/mol. The maximum Gasteiger partial charge on any atom is 0.283 e. The lowest BCUT2D eigenvalue weighted by molar-refractivity contribution is -0.120. The van der Waals surface area contributed by atoms with Crippen LogP contribution in [0.5, 0.6) is 0 Å². The van der Waals surface area contributed by atoms with Crippen molar-refractivity contribution < 1.29 is 14.4 Å². The van der Waals surface area contributed by atoms with Gasteiger partial charge in [0.1, 0.15) is 10.7 Å². The summed E-state index contributed by atoms with van der Waals surface area (Å²) in [5.74, 6) is -1.69. The van der Waals surface area contributed by atoms with Crippen LogP contribution in [0.2, 0.25) is 15.1 Å². The highest BCUT2D eigenvalue weighted by atomic mass is 35.5. The van der Waals surface area contributed by atoms with Gasteiger partial charge >= 0.3 is 0 Å². The molecule has 0 aliphatic carbocycles. The van der Waals surface area contributed by atoms with Crippen molar-refractivity contribution in [3.8, 4) is 0 Å². The number of anilines is 3. The maximum absolute atomic E-state index is 12.9. The van der Waals surface area contributed by atoms with Crippen LogP contribution >= 0.6 is 46.4 Å². The topological polar surface area (TPSA) is 78.5 Å². The lowest BCUT2D eigenvalue weighted by atomic mass is 10.2. The van der Waals surface area contributed by atoms with Gasteiger partial charge in [-0.2, -0.15) is 0 Å². The summed E-state index contributed by atoms with van der Waals surface area (Å²) in [5.41, 5.74) is 1.54. The quantitative estimate of drug-likeness (QED) is 0.385. The Morgan fingerprint density at radius 3 is 1.88 bits per heavy atom. The second kappa shape index (κ2) is 9.45. The molecule has 0 fully saturated rings. The molecule has 3 aromatic carbocycles. The zero-order chi connectivity index (χ0) is 23.7. The van der Waals surface area contributed by atoms with Gasteiger partial charge in [-0.1, -0.05) is 46.4 Å². The molecule has 3 amide bonds. The molecule has 0 saturated heterocycles. The van der Waals surface area contributed by atoms with Crippen LogP contribution in [0.15, 0.2) is 77.5 Å². The predicted octanol–water partition coefficient (Wildman–Crippen LogP) is 6.33. The fourth-order valence-electron chi connectivity index (χ4n) is 3.10. The zero-order valence-electron chi connectivity index (χ0n) is 16.5. The largest absolute Gasteiger partial charge is 0.350 e. The minimum absolute atomic E-state index is 0.101. The van der Waals surface area contributed by atoms with Crippen molar-refractivity contribution in [1.82, 2.24) is 0 Å². The highest BCUT2D eigenvalue weighted by Gasteiger charge is 2.39. The maximum atomic E-state index is 12.9. The third-order valence-electron chi connectivity index (χ3n) is 4.65. The summed E-state index contributed by atoms with van der Waals surface area (Å²) >= 11 is 24.0. The van der Waals surface area contributed by atoms with Gasteiger partial charge in [0.05, 0.1) is 5.69 Å². The summed E-state index contributed by atoms with van der Waals surface area (Å²) < 4.78 is 0. The van der Waals surface area contributed by atoms with Crippen molar-refractivity contribution in [2.75, 3.05) is 15.5 Å². The molecule has 4 rings (SSSR count). The summed E-state index contributed by atoms with van der Waals surface area (Å²) in [6.45, 7) is 0. The Bertz CT molecular complexity index is 1290. The summed E-state index contributed by atoms with van der Waals surface area (Å²) in [5, 5.41) is 6.42. The number of amides is 3. The molecule has 0 radical (unpaired) electrons. The first kappa shape index (κ1) is 23.1. The molecule has 166 valence electrons. The summed E-state index contributed by atoms with van der Waals surface area (Å²) in [6.07, 6.45) is 0. The molecule has 1 aliphatic heterocycles. The fraction of sp³-hybridized carbons (Fsp3) is 0. The molecule has 0 unspecified atom stereocenters. The van der Waals surface area contributed by atoms with E-state index in [2.05, 4.69) is 10.6 Å². The normalized spacial score (nSPS) is 13.5. The van der Waals surface area contributed by atoms with Crippen molar-refractivity contribution in [3.63, 3.8) is 0 Å². The fourth-order valence-corrected chi connectivity index (χ4v) is 3.95. The van der Waals surface area contributed by atoms with E-state index >= 15 is 0 Å². The predicted molar refractivity (Wildman–Crippen MR) is 131 cm³/mol. The highest BCUT2D eigenvalue weighted by molar-refractivity contribution is 6.53. The molecule has 0 atom stereocenters. The monoisotopic (exact) mass is 519 g/mol. The van der Waals surface area contributed by atoms with Crippen LogP contribution in [0.1, 0.15) is 10.4 Å². The second-order valence-electron chi connectivity index (χ2n) is 6.93. The number of nitrogens with zero attached hydrogens (tertiary/aromatic N) is 1. The summed E-state index contributed by atoms with van der Waals surface area (Å²) in [7, 11) is 0. The minimum atomic E-state index is -0.707. The van der Waals surface area contributed by atoms with Crippen molar-refractivity contribution in [2.45, 2.75) is 0 Å². The highest BCUT2D eigenvalue weighted by Crippen LogP contribution is 2.33. The molecular formula is C23H13Cl4N3O3. The van der Waals surface area contributed by atoms with E-state index in [1.165, 1.54) is 18.2 Å². The van der Waals surface area contributed by atoms with Gasteiger partial charge in [0.2, 0.25) is 0 Å². The van der Waals surface area contributed by atoms with E-state index in [4.69, 9.17) is 46.4 Å². The Labute approximate surface area is 208 Å². The first-order chi connectivity index (χ1) is 15.7. The third-order valence-corrected chi connectivity index (χ3v) is 5.69. The first-order valence-corrected chi connectivity index (χ1v) is 10.9. The molecule has 33 heavy (non-hydrogen) atoms. The van der Waals surface area contributed by atoms with Crippen LogP contribution in [0, 0.1) is 0 Å². The number of rotatable bonds is 5. The lowest BCUT2D eigenvalue weighted by Gasteiger charge is -2.16. The Hall–Kier alpha value is -3.03. The number of halogens is 4. The van der Waals surface area contributed by atoms with Crippen LogP contribution in [-0.2, 0) is 9.59 Å². The van der Waals surface area contributed by atoms with Crippen molar-refractivity contribution in [2.24, 2.45) is 0 Å². The smallest absolute Gasteiger partial charge is 0.283 e. The lowest BCUT2D eigenvalue weighted by Crippen LogP contribution is -2.32. The van der Waals surface area contributed by atoms with E-state index in [1.807, 2.05) is 0 Å². The minimum Gasteiger partial charge on any atom is -0.350 e. The van der Waals surface area contributed by atoms with Crippen LogP contribution in [0.3, 0.4) is 0 Å². The molecule has 1 aliphatic rings. The number of hydrogen-bond donors (Lipinski definition) is 2. The summed E-state index contributed by atoms with van der Waals surface area (Å²) in [6, 6.07) is 17.4. The first-order valence-electron chi connectivity index (χ1n) is 9.41. The average Bonchev–Trinajstić information content (AvgIpc) is 2.98. The molecular weight excluding hydrogens is 508 g/mol. The molecule has 3 aromatic rings. The zero-order valence-corrected chi connectivity index (χ0v) is 19.6. The van der Waals surface area contributed by atoms with Gasteiger partial charge in [0, 0.05) is 32.0 Å². The number of imide groups is 1. The van der Waals surface area contributed by atoms with Gasteiger partial charge < -0.3 is 10.6 Å². The van der Waals surface area contributed by atoms with Gasteiger partial charge in [-0.3, -0.25) is 14.4 Å². The van der Waals surface area contributed by atoms with Gasteiger partial charge in [0.15, 0.2) is 0 Å². The molecule has 2 N–H and O–H groups in total. The second-order valence-corrected chi connectivity index (χ2v) is 8.61. The SMILES string of the molecule is O=C(Nc1ccc(Cl)cc1)c1ccc(NC2=C(Cl)C(=O)N(c3cc(Cl)cc(Cl)c3)C2=O)cc1. The van der Waals surface area contributed by atoms with E-state index < -0.39 is 11.8 Å². The van der Waals surface area contributed by atoms with E-state index in [0.717, 1.165) is 4.90 Å². The van der Waals surface area contributed by atoms with Crippen molar-refractivity contribution in [3.05, 3.63) is 98.1 Å². The van der Waals surface area contributed by atoms with Crippen LogP contribution in [0.25, 0.3) is 0 Å². The standard InChI is InChI=1S/C23H13Cl4N3O3/c24-13-3-7-17(8-4-13)29-21(31)12-1-5-16(6-2-12)28-20-19(27)22(32)30(23(20)33)18-10-14(25)9-15(26)11-18/h1-11,28H,(H,29,31). The summed E-state index contributed by atoms with van der Waals surface area (Å²) in [4.78, 5) is 38.8. The number of benzene rings is 3. The molecule has 0 bridgehead atoms. The Balaban J connectivity index is 1.49. The molecule has 0 saturated carbocycles. The Morgan fingerprint density at radius 2 is 1.27 bits per heavy atom. The van der Waals surface area contributed by atoms with Crippen molar-refractivity contribution >= 4 is 81.2 Å². The number of hydrogen-bond acceptors (Lipinski definition) is 4. The van der Waals surface area contributed by atoms with Crippen LogP contribution < -0.4 is 15.5 Å². The van der Waals surface area contributed by atoms with E-state index in [9.17, 15) is 14.4 Å². The Kier molecular flexibility index (Phi) is 6.63. The molecule has 1 heterocycles. The molecule has 6 nitrogen and oxygen atoms in total. The Morgan fingerprint density at radius 1 is 0.697 bits per heavy atom. The van der Waals surface area contributed by atoms with Gasteiger partial charge in [0.25, 0.3) is 17.7 Å².